The first-order chi connectivity index (χ1) is 18.1. The summed E-state index contributed by atoms with van der Waals surface area (Å²) in [6, 6.07) is 0. The van der Waals surface area contributed by atoms with Crippen LogP contribution in [0.5, 0.6) is 0 Å². The third kappa shape index (κ3) is 3.94. The van der Waals surface area contributed by atoms with Crippen LogP contribution in [0.4, 0.5) is 0 Å². The molecule has 0 aromatic rings. The highest BCUT2D eigenvalue weighted by molar-refractivity contribution is 5.89. The molecule has 11 nitrogen and oxygen atoms in total. The predicted molar refractivity (Wildman–Crippen MR) is 132 cm³/mol. The maximum absolute atomic E-state index is 13.1. The number of epoxide rings is 2. The van der Waals surface area contributed by atoms with Crippen LogP contribution in [0.3, 0.4) is 0 Å². The standard InChI is InChI=1S/C28H38O11/c1-8-9-21(32)36-17-11-16(31)13(2)10-20-28(27(7,39-28)24(33)37-20)23(35-15(4)30)22-25(17,5)18(34-14(3)29)12-19-26(22,6)38-19/h10,16-20,22-23,31H,8-9,11-12H2,1-7H3. The third-order valence-electron chi connectivity index (χ3n) is 9.64. The summed E-state index contributed by atoms with van der Waals surface area (Å²) in [5.41, 5.74) is -4.52. The lowest BCUT2D eigenvalue weighted by Crippen LogP contribution is -2.66. The molecule has 0 radical (unpaired) electrons. The zero-order valence-electron chi connectivity index (χ0n) is 23.5. The molecule has 3 aliphatic heterocycles. The van der Waals surface area contributed by atoms with Crippen LogP contribution in [0.1, 0.15) is 74.1 Å². The Hall–Kier alpha value is -2.50. The van der Waals surface area contributed by atoms with E-state index >= 15 is 0 Å². The van der Waals surface area contributed by atoms with Gasteiger partial charge in [-0.2, -0.15) is 0 Å². The summed E-state index contributed by atoms with van der Waals surface area (Å²) in [5.74, 6) is -3.01. The maximum Gasteiger partial charge on any atom is 0.342 e. The summed E-state index contributed by atoms with van der Waals surface area (Å²) in [7, 11) is 0. The van der Waals surface area contributed by atoms with Crippen molar-refractivity contribution in [2.75, 3.05) is 0 Å². The average Bonchev–Trinajstić information content (AvgIpc) is 3.66. The Morgan fingerprint density at radius 2 is 1.69 bits per heavy atom. The number of aliphatic hydroxyl groups excluding tert-OH is 1. The average molecular weight is 551 g/mol. The van der Waals surface area contributed by atoms with Crippen molar-refractivity contribution in [3.8, 4) is 0 Å². The number of aliphatic hydroxyl groups is 1. The fraction of sp³-hybridized carbons (Fsp3) is 0.786. The van der Waals surface area contributed by atoms with E-state index in [1.165, 1.54) is 13.8 Å². The van der Waals surface area contributed by atoms with Crippen LogP contribution < -0.4 is 0 Å². The van der Waals surface area contributed by atoms with Crippen molar-refractivity contribution < 1.29 is 52.7 Å². The van der Waals surface area contributed by atoms with Crippen molar-refractivity contribution in [1.82, 2.24) is 0 Å². The van der Waals surface area contributed by atoms with Gasteiger partial charge in [-0.15, -0.1) is 0 Å². The number of fused-ring (bicyclic) bond motifs is 3. The van der Waals surface area contributed by atoms with Crippen LogP contribution in [0.2, 0.25) is 0 Å². The molecule has 0 amide bonds. The molecule has 1 spiro atoms. The van der Waals surface area contributed by atoms with Gasteiger partial charge in [-0.3, -0.25) is 14.4 Å². The first-order valence-corrected chi connectivity index (χ1v) is 13.6. The molecular formula is C28H38O11. The largest absolute Gasteiger partial charge is 0.462 e. The molecule has 11 unspecified atom stereocenters. The van der Waals surface area contributed by atoms with Gasteiger partial charge >= 0.3 is 23.9 Å². The van der Waals surface area contributed by atoms with Crippen molar-refractivity contribution >= 4 is 23.9 Å². The molecule has 5 aliphatic rings. The quantitative estimate of drug-likeness (QED) is 0.231. The van der Waals surface area contributed by atoms with Gasteiger partial charge in [0.15, 0.2) is 17.3 Å². The fourth-order valence-corrected chi connectivity index (χ4v) is 7.48. The number of hydrogen-bond donors (Lipinski definition) is 1. The lowest BCUT2D eigenvalue weighted by Gasteiger charge is -2.54. The normalized spacial score (nSPS) is 47.6. The van der Waals surface area contributed by atoms with Gasteiger partial charge in [0.1, 0.15) is 18.3 Å². The summed E-state index contributed by atoms with van der Waals surface area (Å²) < 4.78 is 36.2. The minimum absolute atomic E-state index is 0.0259. The second kappa shape index (κ2) is 9.01. The first kappa shape index (κ1) is 28.0. The Kier molecular flexibility index (Phi) is 6.48. The van der Waals surface area contributed by atoms with E-state index in [2.05, 4.69) is 0 Å². The lowest BCUT2D eigenvalue weighted by molar-refractivity contribution is -0.215. The number of esters is 4. The zero-order chi connectivity index (χ0) is 28.7. The van der Waals surface area contributed by atoms with Crippen LogP contribution in [0.15, 0.2) is 11.6 Å². The number of ether oxygens (including phenoxy) is 6. The Morgan fingerprint density at radius 3 is 2.28 bits per heavy atom. The van der Waals surface area contributed by atoms with Gasteiger partial charge in [-0.1, -0.05) is 13.8 Å². The molecule has 1 saturated carbocycles. The molecule has 11 heteroatoms. The van der Waals surface area contributed by atoms with E-state index < -0.39 is 82.5 Å². The second-order valence-electron chi connectivity index (χ2n) is 12.1. The van der Waals surface area contributed by atoms with Crippen molar-refractivity contribution in [3.63, 3.8) is 0 Å². The minimum atomic E-state index is -1.43. The molecule has 4 fully saturated rings. The molecule has 1 N–H and O–H groups in total. The van der Waals surface area contributed by atoms with Gasteiger partial charge in [0.2, 0.25) is 0 Å². The van der Waals surface area contributed by atoms with E-state index in [0.717, 1.165) is 0 Å². The van der Waals surface area contributed by atoms with Crippen LogP contribution in [-0.4, -0.2) is 82.4 Å². The molecular weight excluding hydrogens is 512 g/mol. The van der Waals surface area contributed by atoms with Crippen LogP contribution in [0.25, 0.3) is 0 Å². The third-order valence-corrected chi connectivity index (χ3v) is 9.64. The van der Waals surface area contributed by atoms with E-state index in [1.54, 1.807) is 19.9 Å². The Bertz CT molecular complexity index is 1130. The molecule has 3 heterocycles. The van der Waals surface area contributed by atoms with E-state index in [0.29, 0.717) is 18.4 Å². The highest BCUT2D eigenvalue weighted by Gasteiger charge is 2.89. The Labute approximate surface area is 227 Å². The van der Waals surface area contributed by atoms with Crippen molar-refractivity contribution in [1.29, 1.82) is 0 Å². The van der Waals surface area contributed by atoms with E-state index in [4.69, 9.17) is 28.4 Å². The smallest absolute Gasteiger partial charge is 0.342 e. The van der Waals surface area contributed by atoms with Gasteiger partial charge in [0, 0.05) is 39.0 Å². The van der Waals surface area contributed by atoms with Crippen molar-refractivity contribution in [2.24, 2.45) is 11.3 Å². The number of rotatable bonds is 5. The zero-order valence-corrected chi connectivity index (χ0v) is 23.5. The monoisotopic (exact) mass is 550 g/mol. The van der Waals surface area contributed by atoms with Gasteiger partial charge in [-0.25, -0.2) is 4.79 Å². The predicted octanol–water partition coefficient (Wildman–Crippen LogP) is 1.91. The Balaban J connectivity index is 1.76. The highest BCUT2D eigenvalue weighted by Crippen LogP contribution is 2.69. The summed E-state index contributed by atoms with van der Waals surface area (Å²) in [6.45, 7) is 11.4. The van der Waals surface area contributed by atoms with Crippen LogP contribution in [0, 0.1) is 11.3 Å². The van der Waals surface area contributed by atoms with E-state index in [-0.39, 0.29) is 18.9 Å². The molecule has 3 saturated heterocycles. The molecule has 0 aromatic heterocycles. The summed E-state index contributed by atoms with van der Waals surface area (Å²) in [5, 5.41) is 11.3. The molecule has 11 atom stereocenters. The van der Waals surface area contributed by atoms with Gasteiger partial charge < -0.3 is 33.5 Å². The second-order valence-corrected chi connectivity index (χ2v) is 12.1. The van der Waals surface area contributed by atoms with E-state index in [1.807, 2.05) is 20.8 Å². The fourth-order valence-electron chi connectivity index (χ4n) is 7.48. The van der Waals surface area contributed by atoms with Crippen LogP contribution in [-0.2, 0) is 47.6 Å². The maximum atomic E-state index is 13.1. The summed E-state index contributed by atoms with van der Waals surface area (Å²) in [6.07, 6.45) is -2.71. The summed E-state index contributed by atoms with van der Waals surface area (Å²) >= 11 is 0. The molecule has 5 rings (SSSR count). The van der Waals surface area contributed by atoms with Crippen molar-refractivity contribution in [2.45, 2.75) is 128 Å². The number of carbonyl (C=O) groups excluding carboxylic acids is 4. The number of hydrogen-bond acceptors (Lipinski definition) is 11. The van der Waals surface area contributed by atoms with E-state index in [9.17, 15) is 24.3 Å². The molecule has 0 bridgehead atoms. The molecule has 2 aliphatic carbocycles. The topological polar surface area (TPSA) is 150 Å². The SMILES string of the molecule is CCCC(=O)OC1CC(O)C(C)=CC2OC(=O)C3(C)OC23C(OC(C)=O)C2C3(C)OC3CC(OC(C)=O)C12C. The van der Waals surface area contributed by atoms with Crippen molar-refractivity contribution in [3.05, 3.63) is 11.6 Å². The number of carbonyl (C=O) groups is 4. The van der Waals surface area contributed by atoms with Gasteiger partial charge in [-0.05, 0) is 38.8 Å². The molecule has 39 heavy (non-hydrogen) atoms. The lowest BCUT2D eigenvalue weighted by atomic mass is 9.53. The van der Waals surface area contributed by atoms with Gasteiger partial charge in [0.25, 0.3) is 0 Å². The van der Waals surface area contributed by atoms with Gasteiger partial charge in [0.05, 0.1) is 23.2 Å². The molecule has 216 valence electrons. The van der Waals surface area contributed by atoms with Crippen LogP contribution >= 0.6 is 0 Å². The summed E-state index contributed by atoms with van der Waals surface area (Å²) in [4.78, 5) is 51.0. The minimum Gasteiger partial charge on any atom is -0.462 e. The Morgan fingerprint density at radius 1 is 1.05 bits per heavy atom. The highest BCUT2D eigenvalue weighted by atomic mass is 16.7. The first-order valence-electron chi connectivity index (χ1n) is 13.6. The molecule has 0 aromatic carbocycles.